The first-order valence-electron chi connectivity index (χ1n) is 8.10. The Kier molecular flexibility index (Phi) is 8.22. The SMILES string of the molecule is CCCC1OC(C)CC(CC(CC(O)CC)OC(C)=O)O1. The molecule has 1 fully saturated rings. The van der Waals surface area contributed by atoms with Crippen molar-refractivity contribution in [2.45, 2.75) is 96.9 Å². The molecule has 1 heterocycles. The molecule has 0 aromatic rings. The van der Waals surface area contributed by atoms with Gasteiger partial charge in [0.05, 0.1) is 18.3 Å². The maximum Gasteiger partial charge on any atom is 0.302 e. The number of hydrogen-bond donors (Lipinski definition) is 1. The van der Waals surface area contributed by atoms with E-state index in [1.54, 1.807) is 0 Å². The highest BCUT2D eigenvalue weighted by Crippen LogP contribution is 2.26. The molecule has 1 aliphatic rings. The number of carbonyl (C=O) groups is 1. The quantitative estimate of drug-likeness (QED) is 0.698. The molecular formula is C16H30O5. The number of hydrogen-bond acceptors (Lipinski definition) is 5. The molecule has 1 aliphatic heterocycles. The standard InChI is InChI=1S/C16H30O5/c1-5-7-16-19-11(3)8-14(21-16)10-15(20-12(4)17)9-13(18)6-2/h11,13-16,18H,5-10H2,1-4H3. The minimum atomic E-state index is -0.446. The molecule has 1 N–H and O–H groups in total. The van der Waals surface area contributed by atoms with E-state index in [2.05, 4.69) is 6.92 Å². The smallest absolute Gasteiger partial charge is 0.302 e. The predicted molar refractivity (Wildman–Crippen MR) is 79.8 cm³/mol. The minimum Gasteiger partial charge on any atom is -0.462 e. The summed E-state index contributed by atoms with van der Waals surface area (Å²) in [5.74, 6) is -0.312. The van der Waals surface area contributed by atoms with Gasteiger partial charge in [0.15, 0.2) is 6.29 Å². The van der Waals surface area contributed by atoms with Gasteiger partial charge in [-0.05, 0) is 26.2 Å². The Morgan fingerprint density at radius 1 is 1.38 bits per heavy atom. The molecule has 21 heavy (non-hydrogen) atoms. The summed E-state index contributed by atoms with van der Waals surface area (Å²) in [5.41, 5.74) is 0. The Morgan fingerprint density at radius 3 is 2.67 bits per heavy atom. The van der Waals surface area contributed by atoms with Crippen molar-refractivity contribution in [1.82, 2.24) is 0 Å². The normalized spacial score (nSPS) is 28.9. The molecule has 0 amide bonds. The summed E-state index contributed by atoms with van der Waals surface area (Å²) in [7, 11) is 0. The fourth-order valence-electron chi connectivity index (χ4n) is 2.70. The average Bonchev–Trinajstić information content (AvgIpc) is 2.37. The summed E-state index contributed by atoms with van der Waals surface area (Å²) in [5, 5.41) is 9.80. The molecule has 5 unspecified atom stereocenters. The van der Waals surface area contributed by atoms with Crippen LogP contribution in [0.1, 0.15) is 66.2 Å². The van der Waals surface area contributed by atoms with Crippen molar-refractivity contribution >= 4 is 5.97 Å². The number of esters is 1. The van der Waals surface area contributed by atoms with Crippen LogP contribution in [-0.2, 0) is 19.0 Å². The third-order valence-electron chi connectivity index (χ3n) is 3.71. The lowest BCUT2D eigenvalue weighted by Gasteiger charge is -2.36. The van der Waals surface area contributed by atoms with Gasteiger partial charge in [-0.1, -0.05) is 20.3 Å². The molecule has 1 rings (SSSR count). The third kappa shape index (κ3) is 7.25. The minimum absolute atomic E-state index is 0.0127. The Hall–Kier alpha value is -0.650. The van der Waals surface area contributed by atoms with Gasteiger partial charge < -0.3 is 19.3 Å². The summed E-state index contributed by atoms with van der Waals surface area (Å²) < 4.78 is 17.0. The van der Waals surface area contributed by atoms with Gasteiger partial charge in [-0.3, -0.25) is 4.79 Å². The van der Waals surface area contributed by atoms with Gasteiger partial charge in [0.1, 0.15) is 6.10 Å². The first-order valence-corrected chi connectivity index (χ1v) is 8.10. The van der Waals surface area contributed by atoms with Crippen molar-refractivity contribution < 1.29 is 24.1 Å². The van der Waals surface area contributed by atoms with Gasteiger partial charge in [0.25, 0.3) is 0 Å². The van der Waals surface area contributed by atoms with Gasteiger partial charge >= 0.3 is 5.97 Å². The van der Waals surface area contributed by atoms with Gasteiger partial charge in [0, 0.05) is 19.8 Å². The summed E-state index contributed by atoms with van der Waals surface area (Å²) in [6, 6.07) is 0. The van der Waals surface area contributed by atoms with E-state index in [1.165, 1.54) is 6.92 Å². The first kappa shape index (κ1) is 18.4. The molecule has 124 valence electrons. The molecule has 0 saturated carbocycles. The summed E-state index contributed by atoms with van der Waals surface area (Å²) in [4.78, 5) is 11.2. The Labute approximate surface area is 128 Å². The number of rotatable bonds is 8. The molecule has 0 spiro atoms. The summed E-state index contributed by atoms with van der Waals surface area (Å²) in [6.07, 6.45) is 3.65. The van der Waals surface area contributed by atoms with Crippen LogP contribution in [0.15, 0.2) is 0 Å². The van der Waals surface area contributed by atoms with Crippen molar-refractivity contribution in [3.8, 4) is 0 Å². The van der Waals surface area contributed by atoms with Crippen LogP contribution in [0.25, 0.3) is 0 Å². The predicted octanol–water partition coefficient (Wildman–Crippen LogP) is 2.79. The molecule has 1 saturated heterocycles. The van der Waals surface area contributed by atoms with Crippen molar-refractivity contribution in [3.05, 3.63) is 0 Å². The molecule has 0 aromatic carbocycles. The molecular weight excluding hydrogens is 272 g/mol. The second-order valence-electron chi connectivity index (χ2n) is 5.92. The van der Waals surface area contributed by atoms with Crippen LogP contribution < -0.4 is 0 Å². The molecule has 5 atom stereocenters. The zero-order valence-electron chi connectivity index (χ0n) is 13.7. The van der Waals surface area contributed by atoms with Crippen LogP contribution in [0.4, 0.5) is 0 Å². The molecule has 0 aromatic heterocycles. The average molecular weight is 302 g/mol. The van der Waals surface area contributed by atoms with E-state index in [-0.39, 0.29) is 30.6 Å². The van der Waals surface area contributed by atoms with Crippen LogP contribution in [0, 0.1) is 0 Å². The topological polar surface area (TPSA) is 65.0 Å². The van der Waals surface area contributed by atoms with E-state index in [0.717, 1.165) is 19.3 Å². The fraction of sp³-hybridized carbons (Fsp3) is 0.938. The largest absolute Gasteiger partial charge is 0.462 e. The van der Waals surface area contributed by atoms with E-state index in [9.17, 15) is 9.90 Å². The Bertz CT molecular complexity index is 307. The number of aliphatic hydroxyl groups is 1. The van der Waals surface area contributed by atoms with Crippen LogP contribution in [0.5, 0.6) is 0 Å². The lowest BCUT2D eigenvalue weighted by atomic mass is 9.99. The monoisotopic (exact) mass is 302 g/mol. The Morgan fingerprint density at radius 2 is 2.10 bits per heavy atom. The van der Waals surface area contributed by atoms with Gasteiger partial charge in [-0.2, -0.15) is 0 Å². The van der Waals surface area contributed by atoms with E-state index >= 15 is 0 Å². The Balaban J connectivity index is 2.56. The van der Waals surface area contributed by atoms with Crippen LogP contribution >= 0.6 is 0 Å². The maximum atomic E-state index is 11.2. The number of aliphatic hydroxyl groups excluding tert-OH is 1. The molecule has 0 bridgehead atoms. The van der Waals surface area contributed by atoms with Gasteiger partial charge in [-0.15, -0.1) is 0 Å². The van der Waals surface area contributed by atoms with Crippen LogP contribution in [0.2, 0.25) is 0 Å². The number of carbonyl (C=O) groups excluding carboxylic acids is 1. The lowest BCUT2D eigenvalue weighted by Crippen LogP contribution is -2.39. The first-order chi connectivity index (χ1) is 9.94. The van der Waals surface area contributed by atoms with E-state index in [4.69, 9.17) is 14.2 Å². The van der Waals surface area contributed by atoms with E-state index in [0.29, 0.717) is 19.3 Å². The highest BCUT2D eigenvalue weighted by Gasteiger charge is 2.30. The second-order valence-corrected chi connectivity index (χ2v) is 5.92. The molecule has 0 aliphatic carbocycles. The van der Waals surface area contributed by atoms with Gasteiger partial charge in [-0.25, -0.2) is 0 Å². The van der Waals surface area contributed by atoms with Gasteiger partial charge in [0.2, 0.25) is 0 Å². The summed E-state index contributed by atoms with van der Waals surface area (Å²) in [6.45, 7) is 7.46. The zero-order valence-corrected chi connectivity index (χ0v) is 13.7. The van der Waals surface area contributed by atoms with Crippen molar-refractivity contribution in [2.75, 3.05) is 0 Å². The van der Waals surface area contributed by atoms with E-state index < -0.39 is 6.10 Å². The summed E-state index contributed by atoms with van der Waals surface area (Å²) >= 11 is 0. The van der Waals surface area contributed by atoms with E-state index in [1.807, 2.05) is 13.8 Å². The van der Waals surface area contributed by atoms with Crippen molar-refractivity contribution in [1.29, 1.82) is 0 Å². The third-order valence-corrected chi connectivity index (χ3v) is 3.71. The van der Waals surface area contributed by atoms with Crippen LogP contribution in [0.3, 0.4) is 0 Å². The highest BCUT2D eigenvalue weighted by atomic mass is 16.7. The maximum absolute atomic E-state index is 11.2. The van der Waals surface area contributed by atoms with Crippen molar-refractivity contribution in [3.63, 3.8) is 0 Å². The molecule has 0 radical (unpaired) electrons. The van der Waals surface area contributed by atoms with Crippen molar-refractivity contribution in [2.24, 2.45) is 0 Å². The highest BCUT2D eigenvalue weighted by molar-refractivity contribution is 5.66. The number of ether oxygens (including phenoxy) is 3. The zero-order chi connectivity index (χ0) is 15.8. The van der Waals surface area contributed by atoms with Crippen LogP contribution in [-0.4, -0.2) is 41.8 Å². The molecule has 5 heteroatoms. The fourth-order valence-corrected chi connectivity index (χ4v) is 2.70. The second kappa shape index (κ2) is 9.38. The molecule has 5 nitrogen and oxygen atoms in total. The lowest BCUT2D eigenvalue weighted by molar-refractivity contribution is -0.245.